The standard InChI is InChI=1S/C15H29O6P/c1-10-11-12(21-22(16,17)14(5,6)7)15(20-10,8-18-11)9-19-13(2,3)4/h10-12H,8-9H2,1-7H3,(H,16,17)/t10-,11+,12?,15-/m0/s1. The molecule has 2 rings (SSSR count). The third-order valence-electron chi connectivity index (χ3n) is 4.07. The van der Waals surface area contributed by atoms with E-state index in [1.807, 2.05) is 27.7 Å². The Hall–Kier alpha value is 0.0300. The average Bonchev–Trinajstić information content (AvgIpc) is 2.76. The Morgan fingerprint density at radius 1 is 1.27 bits per heavy atom. The van der Waals surface area contributed by atoms with Crippen LogP contribution in [-0.2, 0) is 23.3 Å². The molecule has 22 heavy (non-hydrogen) atoms. The third kappa shape index (κ3) is 3.42. The van der Waals surface area contributed by atoms with Crippen LogP contribution < -0.4 is 0 Å². The summed E-state index contributed by atoms with van der Waals surface area (Å²) in [5, 5.41) is -0.857. The van der Waals surface area contributed by atoms with Crippen LogP contribution in [0.2, 0.25) is 0 Å². The quantitative estimate of drug-likeness (QED) is 0.796. The van der Waals surface area contributed by atoms with E-state index in [1.165, 1.54) is 0 Å². The molecule has 2 unspecified atom stereocenters. The first kappa shape index (κ1) is 18.4. The van der Waals surface area contributed by atoms with E-state index in [1.54, 1.807) is 20.8 Å². The molecule has 0 aliphatic carbocycles. The molecule has 0 saturated carbocycles. The van der Waals surface area contributed by atoms with Crippen molar-refractivity contribution in [2.45, 2.75) is 83.1 Å². The van der Waals surface area contributed by atoms with Gasteiger partial charge in [-0.1, -0.05) is 0 Å². The van der Waals surface area contributed by atoms with Crippen LogP contribution in [0, 0.1) is 0 Å². The second-order valence-corrected chi connectivity index (χ2v) is 10.9. The van der Waals surface area contributed by atoms with E-state index in [0.717, 1.165) is 0 Å². The highest BCUT2D eigenvalue weighted by atomic mass is 31.2. The van der Waals surface area contributed by atoms with Gasteiger partial charge in [-0.25, -0.2) is 0 Å². The molecule has 0 aromatic carbocycles. The molecule has 1 N–H and O–H groups in total. The normalized spacial score (nSPS) is 38.3. The van der Waals surface area contributed by atoms with Gasteiger partial charge >= 0.3 is 7.60 Å². The molecule has 2 fully saturated rings. The molecular weight excluding hydrogens is 307 g/mol. The van der Waals surface area contributed by atoms with Crippen LogP contribution in [0.4, 0.5) is 0 Å². The summed E-state index contributed by atoms with van der Waals surface area (Å²) in [5.41, 5.74) is -1.15. The molecule has 0 spiro atoms. The predicted molar refractivity (Wildman–Crippen MR) is 83.2 cm³/mol. The maximum Gasteiger partial charge on any atom is 0.333 e. The molecule has 2 aliphatic rings. The molecule has 0 radical (unpaired) electrons. The maximum atomic E-state index is 12.5. The van der Waals surface area contributed by atoms with Gasteiger partial charge in [0.1, 0.15) is 17.8 Å². The maximum absolute atomic E-state index is 12.5. The van der Waals surface area contributed by atoms with Crippen molar-refractivity contribution in [3.8, 4) is 0 Å². The summed E-state index contributed by atoms with van der Waals surface area (Å²) in [4.78, 5) is 10.3. The van der Waals surface area contributed by atoms with Gasteiger partial charge in [-0.3, -0.25) is 9.09 Å². The lowest BCUT2D eigenvalue weighted by molar-refractivity contribution is -0.179. The molecule has 2 saturated heterocycles. The van der Waals surface area contributed by atoms with Crippen molar-refractivity contribution in [1.82, 2.24) is 0 Å². The van der Waals surface area contributed by atoms with Gasteiger partial charge in [0.15, 0.2) is 0 Å². The Labute approximate surface area is 133 Å². The molecule has 2 bridgehead atoms. The summed E-state index contributed by atoms with van der Waals surface area (Å²) in [6.45, 7) is 13.4. The fourth-order valence-corrected chi connectivity index (χ4v) is 3.53. The number of rotatable bonds is 4. The molecule has 0 aromatic rings. The highest BCUT2D eigenvalue weighted by Gasteiger charge is 2.63. The first-order valence-electron chi connectivity index (χ1n) is 7.72. The van der Waals surface area contributed by atoms with Gasteiger partial charge in [-0.2, -0.15) is 0 Å². The second-order valence-electron chi connectivity index (χ2n) is 8.28. The molecule has 7 heteroatoms. The zero-order chi connectivity index (χ0) is 17.0. The van der Waals surface area contributed by atoms with E-state index in [-0.39, 0.29) is 24.4 Å². The molecule has 6 nitrogen and oxygen atoms in total. The second kappa shape index (κ2) is 5.54. The Balaban J connectivity index is 2.20. The minimum atomic E-state index is -3.81. The zero-order valence-electron chi connectivity index (χ0n) is 14.6. The summed E-state index contributed by atoms with van der Waals surface area (Å²) in [6, 6.07) is 0. The van der Waals surface area contributed by atoms with Crippen LogP contribution in [0.3, 0.4) is 0 Å². The molecule has 0 amide bonds. The van der Waals surface area contributed by atoms with Gasteiger partial charge in [0, 0.05) is 0 Å². The van der Waals surface area contributed by atoms with Gasteiger partial charge < -0.3 is 19.1 Å². The van der Waals surface area contributed by atoms with Crippen molar-refractivity contribution in [1.29, 1.82) is 0 Å². The lowest BCUT2D eigenvalue weighted by Gasteiger charge is -2.35. The van der Waals surface area contributed by atoms with E-state index >= 15 is 0 Å². The van der Waals surface area contributed by atoms with Crippen LogP contribution in [0.1, 0.15) is 48.5 Å². The lowest BCUT2D eigenvalue weighted by atomic mass is 9.99. The van der Waals surface area contributed by atoms with Crippen molar-refractivity contribution in [2.75, 3.05) is 13.2 Å². The molecule has 0 aromatic heterocycles. The smallest absolute Gasteiger partial charge is 0.333 e. The lowest BCUT2D eigenvalue weighted by Crippen LogP contribution is -2.48. The average molecular weight is 336 g/mol. The summed E-state index contributed by atoms with van der Waals surface area (Å²) in [5.74, 6) is 0. The summed E-state index contributed by atoms with van der Waals surface area (Å²) < 4.78 is 35.8. The van der Waals surface area contributed by atoms with E-state index in [2.05, 4.69) is 0 Å². The zero-order valence-corrected chi connectivity index (χ0v) is 15.5. The highest BCUT2D eigenvalue weighted by molar-refractivity contribution is 7.54. The molecular formula is C15H29O6P. The first-order valence-corrected chi connectivity index (χ1v) is 9.30. The minimum absolute atomic E-state index is 0.192. The Bertz CT molecular complexity index is 466. The van der Waals surface area contributed by atoms with Crippen LogP contribution >= 0.6 is 7.60 Å². The Morgan fingerprint density at radius 2 is 1.86 bits per heavy atom. The molecule has 2 heterocycles. The van der Waals surface area contributed by atoms with Crippen molar-refractivity contribution >= 4 is 7.60 Å². The summed E-state index contributed by atoms with van der Waals surface area (Å²) >= 11 is 0. The third-order valence-corrected chi connectivity index (χ3v) is 6.28. The molecule has 2 aliphatic heterocycles. The summed E-state index contributed by atoms with van der Waals surface area (Å²) in [7, 11) is -3.81. The SMILES string of the molecule is C[C@@H]1O[C@]2(COC(C)(C)C)CO[C@H]1C2OP(=O)(O)C(C)(C)C. The predicted octanol–water partition coefficient (Wildman–Crippen LogP) is 2.73. The van der Waals surface area contributed by atoms with Crippen LogP contribution in [0.15, 0.2) is 0 Å². The van der Waals surface area contributed by atoms with E-state index in [4.69, 9.17) is 18.7 Å². The fraction of sp³-hybridized carbons (Fsp3) is 1.00. The highest BCUT2D eigenvalue weighted by Crippen LogP contribution is 2.59. The number of hydrogen-bond acceptors (Lipinski definition) is 5. The molecule has 5 atom stereocenters. The Morgan fingerprint density at radius 3 is 2.32 bits per heavy atom. The van der Waals surface area contributed by atoms with E-state index in [0.29, 0.717) is 6.61 Å². The van der Waals surface area contributed by atoms with Gasteiger partial charge in [0.25, 0.3) is 0 Å². The van der Waals surface area contributed by atoms with Gasteiger partial charge in [-0.15, -0.1) is 0 Å². The van der Waals surface area contributed by atoms with Crippen molar-refractivity contribution in [3.63, 3.8) is 0 Å². The van der Waals surface area contributed by atoms with E-state index < -0.39 is 24.5 Å². The van der Waals surface area contributed by atoms with Gasteiger partial charge in [-0.05, 0) is 48.5 Å². The van der Waals surface area contributed by atoms with Crippen LogP contribution in [-0.4, -0.2) is 52.8 Å². The monoisotopic (exact) mass is 336 g/mol. The fourth-order valence-electron chi connectivity index (χ4n) is 2.59. The van der Waals surface area contributed by atoms with Crippen LogP contribution in [0.25, 0.3) is 0 Å². The summed E-state index contributed by atoms with van der Waals surface area (Å²) in [6.07, 6.45) is -1.13. The van der Waals surface area contributed by atoms with Crippen LogP contribution in [0.5, 0.6) is 0 Å². The molecule has 130 valence electrons. The number of hydrogen-bond donors (Lipinski definition) is 1. The number of fused-ring (bicyclic) bond motifs is 2. The van der Waals surface area contributed by atoms with Crippen molar-refractivity contribution < 1.29 is 28.2 Å². The van der Waals surface area contributed by atoms with Crippen molar-refractivity contribution in [3.05, 3.63) is 0 Å². The topological polar surface area (TPSA) is 74.2 Å². The van der Waals surface area contributed by atoms with Gasteiger partial charge in [0.2, 0.25) is 0 Å². The first-order chi connectivity index (χ1) is 9.78. The largest absolute Gasteiger partial charge is 0.373 e. The van der Waals surface area contributed by atoms with Crippen molar-refractivity contribution in [2.24, 2.45) is 0 Å². The van der Waals surface area contributed by atoms with E-state index in [9.17, 15) is 9.46 Å². The number of ether oxygens (including phenoxy) is 3. The minimum Gasteiger partial charge on any atom is -0.373 e. The Kier molecular flexibility index (Phi) is 4.62. The van der Waals surface area contributed by atoms with Gasteiger partial charge in [0.05, 0.1) is 30.1 Å².